The van der Waals surface area contributed by atoms with E-state index in [1.807, 2.05) is 33.0 Å². The van der Waals surface area contributed by atoms with Crippen LogP contribution in [0.2, 0.25) is 0 Å². The molecule has 4 nitrogen and oxygen atoms in total. The summed E-state index contributed by atoms with van der Waals surface area (Å²) in [7, 11) is 0. The second-order valence-electron chi connectivity index (χ2n) is 6.47. The number of carbonyl (C=O) groups is 1. The molecule has 1 aromatic rings. The lowest BCUT2D eigenvalue weighted by molar-refractivity contribution is 0.0579. The van der Waals surface area contributed by atoms with Crippen molar-refractivity contribution in [2.24, 2.45) is 0 Å². The number of ether oxygens (including phenoxy) is 1. The molecule has 0 aliphatic carbocycles. The van der Waals surface area contributed by atoms with Crippen molar-refractivity contribution >= 4 is 27.7 Å². The highest BCUT2D eigenvalue weighted by molar-refractivity contribution is 9.10. The fraction of sp³-hybridized carbons (Fsp3) is 0.571. The van der Waals surface area contributed by atoms with Crippen molar-refractivity contribution in [2.75, 3.05) is 11.4 Å². The van der Waals surface area contributed by atoms with Gasteiger partial charge in [0, 0.05) is 23.7 Å². The molecule has 0 unspecified atom stereocenters. The Kier molecular flexibility index (Phi) is 3.37. The minimum atomic E-state index is -0.492. The summed E-state index contributed by atoms with van der Waals surface area (Å²) in [6.45, 7) is 10.4. The topological polar surface area (TPSA) is 42.4 Å². The Balaban J connectivity index is 2.36. The Hall–Kier alpha value is -1.10. The molecule has 19 heavy (non-hydrogen) atoms. The highest BCUT2D eigenvalue weighted by Crippen LogP contribution is 2.41. The van der Waals surface area contributed by atoms with Gasteiger partial charge in [0.15, 0.2) is 0 Å². The molecule has 2 heterocycles. The molecule has 0 fully saturated rings. The summed E-state index contributed by atoms with van der Waals surface area (Å²) in [4.78, 5) is 18.2. The first-order valence-electron chi connectivity index (χ1n) is 6.27. The molecule has 0 atom stereocenters. The molecule has 1 aliphatic heterocycles. The van der Waals surface area contributed by atoms with Crippen molar-refractivity contribution in [3.8, 4) is 0 Å². The average Bonchev–Trinajstić information content (AvgIpc) is 2.48. The van der Waals surface area contributed by atoms with Crippen LogP contribution >= 0.6 is 15.9 Å². The lowest BCUT2D eigenvalue weighted by Gasteiger charge is -2.25. The van der Waals surface area contributed by atoms with Gasteiger partial charge in [-0.05, 0) is 42.8 Å². The highest BCUT2D eigenvalue weighted by atomic mass is 79.9. The van der Waals surface area contributed by atoms with Crippen LogP contribution < -0.4 is 4.90 Å². The van der Waals surface area contributed by atoms with Gasteiger partial charge in [-0.3, -0.25) is 4.90 Å². The minimum absolute atomic E-state index is 0.111. The Bertz CT molecular complexity index is 521. The molecule has 0 aromatic carbocycles. The van der Waals surface area contributed by atoms with E-state index >= 15 is 0 Å². The molecule has 1 amide bonds. The lowest BCUT2D eigenvalue weighted by atomic mass is 9.88. The number of hydrogen-bond donors (Lipinski definition) is 0. The average molecular weight is 327 g/mol. The molecule has 1 aliphatic rings. The molecule has 5 heteroatoms. The summed E-state index contributed by atoms with van der Waals surface area (Å²) >= 11 is 3.35. The van der Waals surface area contributed by atoms with Crippen LogP contribution in [0, 0.1) is 0 Å². The zero-order chi connectivity index (χ0) is 14.4. The third kappa shape index (κ3) is 2.91. The SMILES string of the molecule is CC(C)(C)OC(=O)N1CC(C)(C)c2cnc(Br)cc21. The fourth-order valence-corrected chi connectivity index (χ4v) is 2.53. The second kappa shape index (κ2) is 4.47. The lowest BCUT2D eigenvalue weighted by Crippen LogP contribution is -2.38. The Morgan fingerprint density at radius 2 is 2.11 bits per heavy atom. The van der Waals surface area contributed by atoms with Crippen molar-refractivity contribution < 1.29 is 9.53 Å². The van der Waals surface area contributed by atoms with Crippen LogP contribution in [0.3, 0.4) is 0 Å². The van der Waals surface area contributed by atoms with Gasteiger partial charge >= 0.3 is 6.09 Å². The summed E-state index contributed by atoms with van der Waals surface area (Å²) in [6.07, 6.45) is 1.52. The second-order valence-corrected chi connectivity index (χ2v) is 7.29. The van der Waals surface area contributed by atoms with E-state index in [0.717, 1.165) is 15.9 Å². The molecule has 104 valence electrons. The number of nitrogens with zero attached hydrogens (tertiary/aromatic N) is 2. The molecule has 0 N–H and O–H groups in total. The van der Waals surface area contributed by atoms with Crippen molar-refractivity contribution in [1.29, 1.82) is 0 Å². The number of carbonyl (C=O) groups excluding carboxylic acids is 1. The monoisotopic (exact) mass is 326 g/mol. The predicted octanol–water partition coefficient (Wildman–Crippen LogP) is 3.88. The summed E-state index contributed by atoms with van der Waals surface area (Å²) in [6, 6.07) is 1.87. The molecule has 0 saturated heterocycles. The Morgan fingerprint density at radius 1 is 1.47 bits per heavy atom. The fourth-order valence-electron chi connectivity index (χ4n) is 2.21. The zero-order valence-electron chi connectivity index (χ0n) is 12.0. The molecule has 0 spiro atoms. The van der Waals surface area contributed by atoms with E-state index < -0.39 is 5.60 Å². The highest BCUT2D eigenvalue weighted by Gasteiger charge is 2.40. The van der Waals surface area contributed by atoms with Crippen LogP contribution in [0.5, 0.6) is 0 Å². The van der Waals surface area contributed by atoms with E-state index in [2.05, 4.69) is 34.8 Å². The van der Waals surface area contributed by atoms with Crippen LogP contribution in [0.25, 0.3) is 0 Å². The van der Waals surface area contributed by atoms with Crippen LogP contribution in [0.4, 0.5) is 10.5 Å². The standard InChI is InChI=1S/C14H19BrN2O2/c1-13(2,3)19-12(18)17-8-14(4,5)9-7-16-11(15)6-10(9)17/h6-7H,8H2,1-5H3. The molecular weight excluding hydrogens is 308 g/mol. The van der Waals surface area contributed by atoms with E-state index in [9.17, 15) is 4.79 Å². The first kappa shape index (κ1) is 14.3. The van der Waals surface area contributed by atoms with Crippen LogP contribution in [-0.2, 0) is 10.2 Å². The third-order valence-corrected chi connectivity index (χ3v) is 3.47. The van der Waals surface area contributed by atoms with Gasteiger partial charge in [0.2, 0.25) is 0 Å². The van der Waals surface area contributed by atoms with Gasteiger partial charge in [-0.2, -0.15) is 0 Å². The molecule has 0 saturated carbocycles. The summed E-state index contributed by atoms with van der Waals surface area (Å²) in [5.74, 6) is 0. The van der Waals surface area contributed by atoms with E-state index in [4.69, 9.17) is 4.74 Å². The van der Waals surface area contributed by atoms with Gasteiger partial charge in [-0.25, -0.2) is 9.78 Å². The maximum absolute atomic E-state index is 12.3. The third-order valence-electron chi connectivity index (χ3n) is 3.04. The normalized spacial score (nSPS) is 17.3. The van der Waals surface area contributed by atoms with E-state index in [-0.39, 0.29) is 11.5 Å². The number of amides is 1. The molecule has 2 rings (SSSR count). The Morgan fingerprint density at radius 3 is 2.68 bits per heavy atom. The quantitative estimate of drug-likeness (QED) is 0.679. The number of anilines is 1. The van der Waals surface area contributed by atoms with Gasteiger partial charge in [-0.15, -0.1) is 0 Å². The number of aromatic nitrogens is 1. The van der Waals surface area contributed by atoms with Crippen LogP contribution in [0.1, 0.15) is 40.2 Å². The minimum Gasteiger partial charge on any atom is -0.443 e. The summed E-state index contributed by atoms with van der Waals surface area (Å²) in [5, 5.41) is 0. The number of hydrogen-bond acceptors (Lipinski definition) is 3. The van der Waals surface area contributed by atoms with Crippen molar-refractivity contribution in [2.45, 2.75) is 45.6 Å². The van der Waals surface area contributed by atoms with E-state index in [1.54, 1.807) is 4.90 Å². The number of rotatable bonds is 0. The largest absolute Gasteiger partial charge is 0.443 e. The van der Waals surface area contributed by atoms with E-state index in [1.165, 1.54) is 0 Å². The first-order valence-corrected chi connectivity index (χ1v) is 7.06. The van der Waals surface area contributed by atoms with Crippen molar-refractivity contribution in [1.82, 2.24) is 4.98 Å². The van der Waals surface area contributed by atoms with Gasteiger partial charge < -0.3 is 4.74 Å². The van der Waals surface area contributed by atoms with Crippen molar-refractivity contribution in [3.05, 3.63) is 22.4 Å². The number of pyridine rings is 1. The number of fused-ring (bicyclic) bond motifs is 1. The van der Waals surface area contributed by atoms with Gasteiger partial charge in [0.05, 0.1) is 5.69 Å². The molecule has 1 aromatic heterocycles. The maximum atomic E-state index is 12.3. The van der Waals surface area contributed by atoms with E-state index in [0.29, 0.717) is 6.54 Å². The smallest absolute Gasteiger partial charge is 0.414 e. The summed E-state index contributed by atoms with van der Waals surface area (Å²) < 4.78 is 6.18. The summed E-state index contributed by atoms with van der Waals surface area (Å²) in [5.41, 5.74) is 1.34. The molecular formula is C14H19BrN2O2. The van der Waals surface area contributed by atoms with Gasteiger partial charge in [-0.1, -0.05) is 13.8 Å². The van der Waals surface area contributed by atoms with Crippen LogP contribution in [-0.4, -0.2) is 23.2 Å². The van der Waals surface area contributed by atoms with Gasteiger partial charge in [0.25, 0.3) is 0 Å². The zero-order valence-corrected chi connectivity index (χ0v) is 13.5. The first-order chi connectivity index (χ1) is 8.60. The predicted molar refractivity (Wildman–Crippen MR) is 78.5 cm³/mol. The van der Waals surface area contributed by atoms with Crippen LogP contribution in [0.15, 0.2) is 16.9 Å². The Labute approximate surface area is 122 Å². The van der Waals surface area contributed by atoms with Crippen molar-refractivity contribution in [3.63, 3.8) is 0 Å². The van der Waals surface area contributed by atoms with Gasteiger partial charge in [0.1, 0.15) is 10.2 Å². The molecule has 0 radical (unpaired) electrons. The number of halogens is 1. The maximum Gasteiger partial charge on any atom is 0.414 e. The molecule has 0 bridgehead atoms.